The molecule has 0 amide bonds. The molecule has 0 aromatic heterocycles. The molecule has 0 radical (unpaired) electrons. The predicted octanol–water partition coefficient (Wildman–Crippen LogP) is 2.47. The molecule has 3 fully saturated rings. The quantitative estimate of drug-likeness (QED) is 0.784. The summed E-state index contributed by atoms with van der Waals surface area (Å²) in [4.78, 5) is 12.2. The van der Waals surface area contributed by atoms with Gasteiger partial charge in [-0.05, 0) is 30.4 Å². The first kappa shape index (κ1) is 16.2. The van der Waals surface area contributed by atoms with E-state index in [9.17, 15) is 13.2 Å². The van der Waals surface area contributed by atoms with Crippen molar-refractivity contribution in [3.8, 4) is 0 Å². The molecule has 4 rings (SSSR count). The molecule has 2 aliphatic heterocycles. The second-order valence-corrected chi connectivity index (χ2v) is 9.17. The van der Waals surface area contributed by atoms with Crippen LogP contribution in [0, 0.1) is 11.3 Å². The molecule has 2 saturated heterocycles. The third-order valence-corrected chi connectivity index (χ3v) is 7.98. The van der Waals surface area contributed by atoms with Crippen LogP contribution in [-0.2, 0) is 14.8 Å². The third kappa shape index (κ3) is 2.27. The van der Waals surface area contributed by atoms with Crippen molar-refractivity contribution in [1.29, 1.82) is 0 Å². The number of hydrogen-bond acceptors (Lipinski definition) is 4. The lowest BCUT2D eigenvalue weighted by Crippen LogP contribution is -2.39. The largest absolute Gasteiger partial charge is 0.379 e. The second-order valence-electron chi connectivity index (χ2n) is 7.28. The number of carbonyl (C=O) groups is 1. The fourth-order valence-electron chi connectivity index (χ4n) is 4.55. The molecule has 6 heteroatoms. The highest BCUT2D eigenvalue weighted by atomic mass is 32.2. The number of fused-ring (bicyclic) bond motifs is 2. The molecule has 1 aliphatic carbocycles. The van der Waals surface area contributed by atoms with Gasteiger partial charge in [-0.3, -0.25) is 4.79 Å². The number of hydrogen-bond donors (Lipinski definition) is 0. The van der Waals surface area contributed by atoms with Gasteiger partial charge < -0.3 is 4.74 Å². The lowest BCUT2D eigenvalue weighted by molar-refractivity contribution is 0.0601. The number of ketones is 1. The van der Waals surface area contributed by atoms with Crippen LogP contribution in [0.4, 0.5) is 0 Å². The summed E-state index contributed by atoms with van der Waals surface area (Å²) in [7, 11) is -3.60. The Morgan fingerprint density at radius 2 is 2.12 bits per heavy atom. The van der Waals surface area contributed by atoms with Crippen LogP contribution >= 0.6 is 0 Å². The van der Waals surface area contributed by atoms with Gasteiger partial charge in [0.05, 0.1) is 24.2 Å². The van der Waals surface area contributed by atoms with Crippen LogP contribution in [-0.4, -0.2) is 44.3 Å². The molecule has 2 heterocycles. The van der Waals surface area contributed by atoms with Gasteiger partial charge in [-0.25, -0.2) is 8.42 Å². The minimum Gasteiger partial charge on any atom is -0.379 e. The minimum absolute atomic E-state index is 0.0361. The molecule has 1 aromatic rings. The maximum absolute atomic E-state index is 13.2. The number of nitrogens with zero attached hydrogens (tertiary/aromatic N) is 1. The van der Waals surface area contributed by atoms with E-state index in [0.29, 0.717) is 37.7 Å². The van der Waals surface area contributed by atoms with Gasteiger partial charge in [0, 0.05) is 24.4 Å². The molecular formula is C18H23NO4S. The van der Waals surface area contributed by atoms with Crippen LogP contribution in [0.15, 0.2) is 29.2 Å². The van der Waals surface area contributed by atoms with Crippen molar-refractivity contribution in [3.05, 3.63) is 29.8 Å². The van der Waals surface area contributed by atoms with E-state index in [0.717, 1.165) is 12.8 Å². The standard InChI is InChI=1S/C18H23NO4S/c1-2-17(20)13-5-3-6-14(9-13)24(21,22)19-12-18(7-4-8-18)15-10-23-11-16(15)19/h3,5-6,9,15-16H,2,4,7-8,10-12H2,1H3/t15-,16+/m1/s1. The van der Waals surface area contributed by atoms with Gasteiger partial charge in [0.15, 0.2) is 5.78 Å². The predicted molar refractivity (Wildman–Crippen MR) is 89.3 cm³/mol. The zero-order valence-electron chi connectivity index (χ0n) is 13.9. The SMILES string of the molecule is CCC(=O)c1cccc(S(=O)(=O)N2CC3(CCC3)[C@@H]3COC[C@@H]32)c1. The van der Waals surface area contributed by atoms with Crippen LogP contribution in [0.3, 0.4) is 0 Å². The maximum Gasteiger partial charge on any atom is 0.243 e. The first-order valence-corrected chi connectivity index (χ1v) is 10.1. The van der Waals surface area contributed by atoms with Gasteiger partial charge in [0.1, 0.15) is 0 Å². The number of carbonyl (C=O) groups excluding carboxylic acids is 1. The minimum atomic E-state index is -3.60. The molecule has 5 nitrogen and oxygen atoms in total. The van der Waals surface area contributed by atoms with Gasteiger partial charge in [0.2, 0.25) is 10.0 Å². The topological polar surface area (TPSA) is 63.7 Å². The van der Waals surface area contributed by atoms with E-state index >= 15 is 0 Å². The molecule has 1 saturated carbocycles. The van der Waals surface area contributed by atoms with Crippen LogP contribution in [0.2, 0.25) is 0 Å². The van der Waals surface area contributed by atoms with E-state index in [1.54, 1.807) is 29.4 Å². The molecule has 3 aliphatic rings. The highest BCUT2D eigenvalue weighted by Gasteiger charge is 2.60. The van der Waals surface area contributed by atoms with Crippen molar-refractivity contribution in [2.24, 2.45) is 11.3 Å². The summed E-state index contributed by atoms with van der Waals surface area (Å²) < 4.78 is 33.7. The van der Waals surface area contributed by atoms with Gasteiger partial charge in [-0.2, -0.15) is 4.31 Å². The molecule has 0 bridgehead atoms. The van der Waals surface area contributed by atoms with Crippen molar-refractivity contribution >= 4 is 15.8 Å². The highest BCUT2D eigenvalue weighted by Crippen LogP contribution is 2.56. The van der Waals surface area contributed by atoms with E-state index < -0.39 is 10.0 Å². The molecule has 1 aromatic carbocycles. The van der Waals surface area contributed by atoms with Gasteiger partial charge in [-0.15, -0.1) is 0 Å². The number of rotatable bonds is 4. The average molecular weight is 349 g/mol. The Morgan fingerprint density at radius 1 is 1.33 bits per heavy atom. The summed E-state index contributed by atoms with van der Waals surface area (Å²) in [6.07, 6.45) is 3.74. The molecule has 24 heavy (non-hydrogen) atoms. The first-order chi connectivity index (χ1) is 11.5. The Morgan fingerprint density at radius 3 is 2.79 bits per heavy atom. The van der Waals surface area contributed by atoms with Gasteiger partial charge in [0.25, 0.3) is 0 Å². The summed E-state index contributed by atoms with van der Waals surface area (Å²) >= 11 is 0. The summed E-state index contributed by atoms with van der Waals surface area (Å²) in [5.74, 6) is 0.285. The Kier molecular flexibility index (Phi) is 3.82. The summed E-state index contributed by atoms with van der Waals surface area (Å²) in [5.41, 5.74) is 0.584. The number of ether oxygens (including phenoxy) is 1. The molecule has 1 spiro atoms. The maximum atomic E-state index is 13.2. The fraction of sp³-hybridized carbons (Fsp3) is 0.611. The molecule has 130 valence electrons. The van der Waals surface area contributed by atoms with Crippen molar-refractivity contribution in [2.45, 2.75) is 43.5 Å². The lowest BCUT2D eigenvalue weighted by Gasteiger charge is -2.42. The van der Waals surface area contributed by atoms with E-state index in [2.05, 4.69) is 0 Å². The van der Waals surface area contributed by atoms with Gasteiger partial charge in [-0.1, -0.05) is 25.5 Å². The lowest BCUT2D eigenvalue weighted by atomic mass is 9.62. The van der Waals surface area contributed by atoms with E-state index in [1.807, 2.05) is 0 Å². The van der Waals surface area contributed by atoms with Crippen molar-refractivity contribution < 1.29 is 17.9 Å². The average Bonchev–Trinajstić information content (AvgIpc) is 3.14. The number of Topliss-reactive ketones (excluding diaryl/α,β-unsaturated/α-hetero) is 1. The van der Waals surface area contributed by atoms with E-state index in [1.165, 1.54) is 12.5 Å². The Hall–Kier alpha value is -1.24. The summed E-state index contributed by atoms with van der Waals surface area (Å²) in [6, 6.07) is 6.41. The monoisotopic (exact) mass is 349 g/mol. The van der Waals surface area contributed by atoms with Crippen LogP contribution in [0.25, 0.3) is 0 Å². The zero-order valence-corrected chi connectivity index (χ0v) is 14.7. The number of sulfonamides is 1. The number of benzene rings is 1. The molecule has 2 atom stereocenters. The Balaban J connectivity index is 1.69. The second kappa shape index (κ2) is 5.64. The van der Waals surface area contributed by atoms with E-state index in [4.69, 9.17) is 4.74 Å². The Bertz CT molecular complexity index is 769. The normalized spacial score (nSPS) is 28.7. The van der Waals surface area contributed by atoms with Crippen molar-refractivity contribution in [1.82, 2.24) is 4.31 Å². The summed E-state index contributed by atoms with van der Waals surface area (Å²) in [6.45, 7) is 3.54. The molecule has 0 unspecified atom stereocenters. The van der Waals surface area contributed by atoms with E-state index in [-0.39, 0.29) is 22.1 Å². The fourth-order valence-corrected chi connectivity index (χ4v) is 6.34. The van der Waals surface area contributed by atoms with Crippen LogP contribution in [0.1, 0.15) is 43.0 Å². The summed E-state index contributed by atoms with van der Waals surface area (Å²) in [5, 5.41) is 0. The molecular weight excluding hydrogens is 326 g/mol. The Labute approximate surface area is 143 Å². The van der Waals surface area contributed by atoms with Gasteiger partial charge >= 0.3 is 0 Å². The molecule has 0 N–H and O–H groups in total. The van der Waals surface area contributed by atoms with Crippen LogP contribution in [0.5, 0.6) is 0 Å². The van der Waals surface area contributed by atoms with Crippen LogP contribution < -0.4 is 0 Å². The third-order valence-electron chi connectivity index (χ3n) is 6.11. The first-order valence-electron chi connectivity index (χ1n) is 8.71. The van der Waals surface area contributed by atoms with Crippen molar-refractivity contribution in [3.63, 3.8) is 0 Å². The highest BCUT2D eigenvalue weighted by molar-refractivity contribution is 7.89. The smallest absolute Gasteiger partial charge is 0.243 e. The van der Waals surface area contributed by atoms with Crippen molar-refractivity contribution in [2.75, 3.05) is 19.8 Å². The zero-order chi connectivity index (χ0) is 16.9.